The lowest BCUT2D eigenvalue weighted by atomic mass is 10.1. The first-order valence-corrected chi connectivity index (χ1v) is 4.97. The molecule has 0 spiro atoms. The van der Waals surface area contributed by atoms with Gasteiger partial charge in [0.2, 0.25) is 0 Å². The van der Waals surface area contributed by atoms with Crippen molar-refractivity contribution in [1.29, 1.82) is 0 Å². The third kappa shape index (κ3) is 5.60. The molecule has 0 aliphatic heterocycles. The second kappa shape index (κ2) is 7.39. The van der Waals surface area contributed by atoms with Crippen molar-refractivity contribution < 1.29 is 0 Å². The van der Waals surface area contributed by atoms with E-state index in [9.17, 15) is 0 Å². The molecule has 0 bridgehead atoms. The van der Waals surface area contributed by atoms with Crippen LogP contribution in [0.4, 0.5) is 0 Å². The fourth-order valence-corrected chi connectivity index (χ4v) is 0.954. The van der Waals surface area contributed by atoms with E-state index < -0.39 is 0 Å². The van der Waals surface area contributed by atoms with Gasteiger partial charge in [-0.3, -0.25) is 0 Å². The molecule has 0 aromatic carbocycles. The van der Waals surface area contributed by atoms with Crippen LogP contribution in [0.2, 0.25) is 0 Å². The van der Waals surface area contributed by atoms with Crippen molar-refractivity contribution in [3.63, 3.8) is 0 Å². The molecule has 2 nitrogen and oxygen atoms in total. The van der Waals surface area contributed by atoms with Gasteiger partial charge in [0, 0.05) is 5.03 Å². The SMILES string of the molecule is C=C(Cl)\C=C/C(=C\CCC)C(/C)=N/N. The normalized spacial score (nSPS) is 13.6. The highest BCUT2D eigenvalue weighted by molar-refractivity contribution is 6.30. The summed E-state index contributed by atoms with van der Waals surface area (Å²) < 4.78 is 0. The maximum absolute atomic E-state index is 5.62. The van der Waals surface area contributed by atoms with E-state index in [1.165, 1.54) is 0 Å². The highest BCUT2D eigenvalue weighted by Gasteiger charge is 1.96. The zero-order chi connectivity index (χ0) is 11.0. The van der Waals surface area contributed by atoms with Crippen LogP contribution in [0.5, 0.6) is 0 Å². The van der Waals surface area contributed by atoms with Gasteiger partial charge in [-0.2, -0.15) is 5.10 Å². The van der Waals surface area contributed by atoms with Gasteiger partial charge in [0.25, 0.3) is 0 Å². The van der Waals surface area contributed by atoms with Crippen LogP contribution in [0.15, 0.2) is 40.5 Å². The van der Waals surface area contributed by atoms with Crippen molar-refractivity contribution in [2.24, 2.45) is 10.9 Å². The van der Waals surface area contributed by atoms with Crippen molar-refractivity contribution in [3.05, 3.63) is 35.4 Å². The van der Waals surface area contributed by atoms with Gasteiger partial charge in [-0.1, -0.05) is 43.7 Å². The molecular weight excluding hydrogens is 196 g/mol. The first-order valence-electron chi connectivity index (χ1n) is 4.59. The Kier molecular flexibility index (Phi) is 6.85. The molecule has 0 unspecified atom stereocenters. The minimum Gasteiger partial charge on any atom is -0.323 e. The second-order valence-corrected chi connectivity index (χ2v) is 3.43. The molecule has 0 aliphatic rings. The molecule has 78 valence electrons. The van der Waals surface area contributed by atoms with Crippen molar-refractivity contribution in [2.45, 2.75) is 26.7 Å². The number of halogens is 1. The molecule has 0 aromatic rings. The van der Waals surface area contributed by atoms with Crippen LogP contribution in [0.1, 0.15) is 26.7 Å². The van der Waals surface area contributed by atoms with Crippen molar-refractivity contribution >= 4 is 17.3 Å². The summed E-state index contributed by atoms with van der Waals surface area (Å²) in [6, 6.07) is 0. The van der Waals surface area contributed by atoms with Gasteiger partial charge >= 0.3 is 0 Å². The Morgan fingerprint density at radius 3 is 2.57 bits per heavy atom. The fourth-order valence-electron chi connectivity index (χ4n) is 0.891. The Bertz CT molecular complexity index is 275. The largest absolute Gasteiger partial charge is 0.323 e. The highest BCUT2D eigenvalue weighted by Crippen LogP contribution is 2.07. The number of allylic oxidation sites excluding steroid dienone is 5. The summed E-state index contributed by atoms with van der Waals surface area (Å²) in [6.45, 7) is 7.56. The van der Waals surface area contributed by atoms with E-state index in [4.69, 9.17) is 17.4 Å². The zero-order valence-corrected chi connectivity index (χ0v) is 9.51. The summed E-state index contributed by atoms with van der Waals surface area (Å²) in [7, 11) is 0. The Hall–Kier alpha value is -1.02. The topological polar surface area (TPSA) is 38.4 Å². The summed E-state index contributed by atoms with van der Waals surface area (Å²) in [5.41, 5.74) is 1.80. The minimum atomic E-state index is 0.497. The Balaban J connectivity index is 4.65. The van der Waals surface area contributed by atoms with Crippen LogP contribution in [-0.2, 0) is 0 Å². The number of hydrogen-bond donors (Lipinski definition) is 1. The van der Waals surface area contributed by atoms with Crippen LogP contribution < -0.4 is 5.84 Å². The molecule has 2 N–H and O–H groups in total. The Morgan fingerprint density at radius 2 is 2.14 bits per heavy atom. The van der Waals surface area contributed by atoms with Crippen LogP contribution in [0, 0.1) is 0 Å². The summed E-state index contributed by atoms with van der Waals surface area (Å²) in [5, 5.41) is 4.14. The molecule has 0 aliphatic carbocycles. The third-order valence-corrected chi connectivity index (χ3v) is 1.83. The average molecular weight is 213 g/mol. The van der Waals surface area contributed by atoms with Crippen molar-refractivity contribution in [2.75, 3.05) is 0 Å². The number of rotatable bonds is 5. The predicted octanol–water partition coefficient (Wildman–Crippen LogP) is 3.36. The number of hydrogen-bond acceptors (Lipinski definition) is 2. The molecule has 0 aromatic heterocycles. The van der Waals surface area contributed by atoms with Gasteiger partial charge < -0.3 is 5.84 Å². The fraction of sp³-hybridized carbons (Fsp3) is 0.364. The third-order valence-electron chi connectivity index (χ3n) is 1.71. The van der Waals surface area contributed by atoms with E-state index in [2.05, 4.69) is 24.7 Å². The van der Waals surface area contributed by atoms with Crippen LogP contribution >= 0.6 is 11.6 Å². The molecule has 3 heteroatoms. The minimum absolute atomic E-state index is 0.497. The Labute approximate surface area is 90.8 Å². The molecule has 0 amide bonds. The summed E-state index contributed by atoms with van der Waals surface area (Å²) in [4.78, 5) is 0. The summed E-state index contributed by atoms with van der Waals surface area (Å²) in [6.07, 6.45) is 7.79. The van der Waals surface area contributed by atoms with E-state index >= 15 is 0 Å². The quantitative estimate of drug-likeness (QED) is 0.323. The van der Waals surface area contributed by atoms with E-state index in [0.29, 0.717) is 5.03 Å². The first kappa shape index (κ1) is 13.0. The van der Waals surface area contributed by atoms with Gasteiger partial charge in [-0.05, 0) is 25.0 Å². The van der Waals surface area contributed by atoms with Gasteiger partial charge in [-0.15, -0.1) is 0 Å². The smallest absolute Gasteiger partial charge is 0.0638 e. The lowest BCUT2D eigenvalue weighted by molar-refractivity contribution is 0.955. The van der Waals surface area contributed by atoms with Crippen LogP contribution in [0.25, 0.3) is 0 Å². The average Bonchev–Trinajstić information content (AvgIpc) is 2.16. The maximum Gasteiger partial charge on any atom is 0.0638 e. The number of unbranched alkanes of at least 4 members (excludes halogenated alkanes) is 1. The maximum atomic E-state index is 5.62. The van der Waals surface area contributed by atoms with Gasteiger partial charge in [0.15, 0.2) is 0 Å². The van der Waals surface area contributed by atoms with E-state index in [1.54, 1.807) is 6.08 Å². The molecular formula is C11H17ClN2. The number of hydrazone groups is 1. The predicted molar refractivity (Wildman–Crippen MR) is 64.4 cm³/mol. The van der Waals surface area contributed by atoms with E-state index in [0.717, 1.165) is 24.1 Å². The lowest BCUT2D eigenvalue weighted by Gasteiger charge is -1.99. The number of nitrogens with two attached hydrogens (primary N) is 1. The second-order valence-electron chi connectivity index (χ2n) is 2.94. The Morgan fingerprint density at radius 1 is 1.50 bits per heavy atom. The van der Waals surface area contributed by atoms with E-state index in [-0.39, 0.29) is 0 Å². The zero-order valence-electron chi connectivity index (χ0n) is 8.76. The van der Waals surface area contributed by atoms with Gasteiger partial charge in [0.1, 0.15) is 0 Å². The highest BCUT2D eigenvalue weighted by atomic mass is 35.5. The lowest BCUT2D eigenvalue weighted by Crippen LogP contribution is -1.99. The van der Waals surface area contributed by atoms with Crippen LogP contribution in [0.3, 0.4) is 0 Å². The molecule has 0 radical (unpaired) electrons. The molecule has 0 atom stereocenters. The van der Waals surface area contributed by atoms with E-state index in [1.807, 2.05) is 13.0 Å². The molecule has 0 fully saturated rings. The molecule has 14 heavy (non-hydrogen) atoms. The van der Waals surface area contributed by atoms with Crippen molar-refractivity contribution in [3.8, 4) is 0 Å². The molecule has 0 saturated carbocycles. The van der Waals surface area contributed by atoms with Gasteiger partial charge in [-0.25, -0.2) is 0 Å². The number of nitrogens with zero attached hydrogens (tertiary/aromatic N) is 1. The first-order chi connectivity index (χ1) is 6.61. The van der Waals surface area contributed by atoms with Gasteiger partial charge in [0.05, 0.1) is 5.71 Å². The van der Waals surface area contributed by atoms with Crippen molar-refractivity contribution in [1.82, 2.24) is 0 Å². The monoisotopic (exact) mass is 212 g/mol. The summed E-state index contributed by atoms with van der Waals surface area (Å²) >= 11 is 5.62. The molecule has 0 heterocycles. The van der Waals surface area contributed by atoms with Crippen LogP contribution in [-0.4, -0.2) is 5.71 Å². The molecule has 0 rings (SSSR count). The summed E-state index contributed by atoms with van der Waals surface area (Å²) in [5.74, 6) is 5.21. The standard InChI is InChI=1S/C11H17ClN2/c1-4-5-6-11(10(3)14-13)8-7-9(2)12/h6-8H,2,4-5,13H2,1,3H3/b8-7-,11-6+,14-10+. The molecule has 0 saturated heterocycles.